The summed E-state index contributed by atoms with van der Waals surface area (Å²) in [5.74, 6) is 1.89. The third-order valence-corrected chi connectivity index (χ3v) is 5.78. The highest BCUT2D eigenvalue weighted by molar-refractivity contribution is 8.00. The predicted molar refractivity (Wildman–Crippen MR) is 85.9 cm³/mol. The number of carbonyl (C=O) groups is 1. The van der Waals surface area contributed by atoms with Gasteiger partial charge in [-0.25, -0.2) is 0 Å². The van der Waals surface area contributed by atoms with Gasteiger partial charge in [0.2, 0.25) is 0 Å². The Kier molecular flexibility index (Phi) is 4.33. The van der Waals surface area contributed by atoms with E-state index < -0.39 is 0 Å². The van der Waals surface area contributed by atoms with E-state index >= 15 is 0 Å². The lowest BCUT2D eigenvalue weighted by Crippen LogP contribution is -2.48. The second kappa shape index (κ2) is 6.22. The fraction of sp³-hybridized carbons (Fsp3) is 0.667. The van der Waals surface area contributed by atoms with Gasteiger partial charge in [-0.3, -0.25) is 4.79 Å². The Labute approximate surface area is 130 Å². The van der Waals surface area contributed by atoms with Crippen molar-refractivity contribution in [2.24, 2.45) is 0 Å². The van der Waals surface area contributed by atoms with Gasteiger partial charge in [-0.15, -0.1) is 10.2 Å². The van der Waals surface area contributed by atoms with Crippen LogP contribution in [0.1, 0.15) is 37.2 Å². The molecule has 0 aromatic carbocycles. The van der Waals surface area contributed by atoms with Crippen LogP contribution < -0.4 is 4.90 Å². The number of aromatic nitrogens is 2. The summed E-state index contributed by atoms with van der Waals surface area (Å²) in [5.41, 5.74) is 0.462. The Hall–Kier alpha value is -1.30. The maximum atomic E-state index is 12.6. The molecule has 2 atom stereocenters. The normalized spacial score (nSPS) is 26.2. The SMILES string of the molecule is C[C@H]1SCCN(C(=O)c2ccc(N3CCCC3)nn2)[C@H]1C. The first-order chi connectivity index (χ1) is 10.2. The summed E-state index contributed by atoms with van der Waals surface area (Å²) in [5, 5.41) is 8.88. The molecule has 5 nitrogen and oxygen atoms in total. The molecule has 1 amide bonds. The molecule has 21 heavy (non-hydrogen) atoms. The van der Waals surface area contributed by atoms with E-state index in [1.807, 2.05) is 28.8 Å². The monoisotopic (exact) mass is 306 g/mol. The van der Waals surface area contributed by atoms with Crippen LogP contribution in [-0.4, -0.2) is 57.7 Å². The second-order valence-electron chi connectivity index (χ2n) is 5.79. The molecule has 6 heteroatoms. The van der Waals surface area contributed by atoms with E-state index in [4.69, 9.17) is 0 Å². The van der Waals surface area contributed by atoms with Crippen molar-refractivity contribution in [3.63, 3.8) is 0 Å². The van der Waals surface area contributed by atoms with Gasteiger partial charge in [0, 0.05) is 36.7 Å². The van der Waals surface area contributed by atoms with Gasteiger partial charge in [0.25, 0.3) is 5.91 Å². The molecular formula is C15H22N4OS. The Bertz CT molecular complexity index is 501. The summed E-state index contributed by atoms with van der Waals surface area (Å²) in [6.45, 7) is 7.17. The molecule has 2 aliphatic heterocycles. The van der Waals surface area contributed by atoms with Gasteiger partial charge in [-0.2, -0.15) is 11.8 Å². The maximum absolute atomic E-state index is 12.6. The van der Waals surface area contributed by atoms with Gasteiger partial charge in [0.15, 0.2) is 11.5 Å². The summed E-state index contributed by atoms with van der Waals surface area (Å²) in [6.07, 6.45) is 2.42. The summed E-state index contributed by atoms with van der Waals surface area (Å²) in [7, 11) is 0. The van der Waals surface area contributed by atoms with Crippen molar-refractivity contribution in [1.29, 1.82) is 0 Å². The van der Waals surface area contributed by atoms with Crippen molar-refractivity contribution in [2.75, 3.05) is 30.3 Å². The van der Waals surface area contributed by atoms with Gasteiger partial charge in [-0.05, 0) is 31.9 Å². The minimum absolute atomic E-state index is 0.00937. The fourth-order valence-corrected chi connectivity index (χ4v) is 4.02. The Balaban J connectivity index is 1.72. The average molecular weight is 306 g/mol. The Morgan fingerprint density at radius 1 is 1.19 bits per heavy atom. The largest absolute Gasteiger partial charge is 0.355 e. The molecule has 0 saturated carbocycles. The lowest BCUT2D eigenvalue weighted by Gasteiger charge is -2.37. The van der Waals surface area contributed by atoms with Crippen LogP contribution in [0.15, 0.2) is 12.1 Å². The van der Waals surface area contributed by atoms with Crippen molar-refractivity contribution < 1.29 is 4.79 Å². The van der Waals surface area contributed by atoms with E-state index in [9.17, 15) is 4.79 Å². The number of thioether (sulfide) groups is 1. The summed E-state index contributed by atoms with van der Waals surface area (Å²) in [4.78, 5) is 16.7. The molecule has 2 fully saturated rings. The quantitative estimate of drug-likeness (QED) is 0.837. The molecule has 114 valence electrons. The zero-order valence-electron chi connectivity index (χ0n) is 12.7. The highest BCUT2D eigenvalue weighted by Crippen LogP contribution is 2.25. The fourth-order valence-electron chi connectivity index (χ4n) is 2.92. The van der Waals surface area contributed by atoms with Gasteiger partial charge < -0.3 is 9.80 Å². The van der Waals surface area contributed by atoms with Gasteiger partial charge >= 0.3 is 0 Å². The number of hydrogen-bond acceptors (Lipinski definition) is 5. The molecule has 2 aliphatic rings. The van der Waals surface area contributed by atoms with Crippen molar-refractivity contribution in [2.45, 2.75) is 38.0 Å². The summed E-state index contributed by atoms with van der Waals surface area (Å²) < 4.78 is 0. The van der Waals surface area contributed by atoms with E-state index in [0.29, 0.717) is 10.9 Å². The molecule has 0 bridgehead atoms. The summed E-state index contributed by atoms with van der Waals surface area (Å²) >= 11 is 1.93. The van der Waals surface area contributed by atoms with Crippen molar-refractivity contribution in [3.05, 3.63) is 17.8 Å². The lowest BCUT2D eigenvalue weighted by atomic mass is 10.2. The minimum Gasteiger partial charge on any atom is -0.355 e. The molecule has 0 radical (unpaired) electrons. The molecule has 0 unspecified atom stereocenters. The molecule has 0 spiro atoms. The first kappa shape index (κ1) is 14.6. The summed E-state index contributed by atoms with van der Waals surface area (Å²) in [6, 6.07) is 4.00. The standard InChI is InChI=1S/C15H22N4OS/c1-11-12(2)21-10-9-19(11)15(20)13-5-6-14(17-16-13)18-7-3-4-8-18/h5-6,11-12H,3-4,7-10H2,1-2H3/t11-,12+/m0/s1. The molecule has 2 saturated heterocycles. The molecule has 1 aromatic rings. The van der Waals surface area contributed by atoms with E-state index in [2.05, 4.69) is 28.9 Å². The second-order valence-corrected chi connectivity index (χ2v) is 7.27. The number of nitrogens with zero attached hydrogens (tertiary/aromatic N) is 4. The zero-order valence-corrected chi connectivity index (χ0v) is 13.5. The molecule has 0 aliphatic carbocycles. The van der Waals surface area contributed by atoms with Crippen LogP contribution in [0.4, 0.5) is 5.82 Å². The number of anilines is 1. The smallest absolute Gasteiger partial charge is 0.274 e. The van der Waals surface area contributed by atoms with Crippen LogP contribution in [0, 0.1) is 0 Å². The predicted octanol–water partition coefficient (Wildman–Crippen LogP) is 2.04. The van der Waals surface area contributed by atoms with E-state index in [0.717, 1.165) is 31.2 Å². The molecule has 3 rings (SSSR count). The van der Waals surface area contributed by atoms with E-state index in [-0.39, 0.29) is 11.9 Å². The van der Waals surface area contributed by atoms with Crippen LogP contribution >= 0.6 is 11.8 Å². The minimum atomic E-state index is 0.00937. The topological polar surface area (TPSA) is 49.3 Å². The van der Waals surface area contributed by atoms with Crippen molar-refractivity contribution in [1.82, 2.24) is 15.1 Å². The van der Waals surface area contributed by atoms with Crippen LogP contribution in [0.25, 0.3) is 0 Å². The third kappa shape index (κ3) is 3.00. The van der Waals surface area contributed by atoms with E-state index in [1.165, 1.54) is 12.8 Å². The molecule has 1 aromatic heterocycles. The van der Waals surface area contributed by atoms with Gasteiger partial charge in [0.05, 0.1) is 0 Å². The first-order valence-corrected chi connectivity index (χ1v) is 8.73. The Morgan fingerprint density at radius 3 is 2.62 bits per heavy atom. The van der Waals surface area contributed by atoms with Crippen molar-refractivity contribution >= 4 is 23.5 Å². The Morgan fingerprint density at radius 2 is 1.95 bits per heavy atom. The first-order valence-electron chi connectivity index (χ1n) is 7.68. The molecule has 3 heterocycles. The van der Waals surface area contributed by atoms with Crippen molar-refractivity contribution in [3.8, 4) is 0 Å². The van der Waals surface area contributed by atoms with Crippen LogP contribution in [0.2, 0.25) is 0 Å². The number of amides is 1. The average Bonchev–Trinajstić information content (AvgIpc) is 3.04. The number of carbonyl (C=O) groups excluding carboxylic acids is 1. The lowest BCUT2D eigenvalue weighted by molar-refractivity contribution is 0.0691. The van der Waals surface area contributed by atoms with Crippen LogP contribution in [0.3, 0.4) is 0 Å². The number of hydrogen-bond donors (Lipinski definition) is 0. The van der Waals surface area contributed by atoms with Gasteiger partial charge in [0.1, 0.15) is 0 Å². The molecule has 0 N–H and O–H groups in total. The van der Waals surface area contributed by atoms with Gasteiger partial charge in [-0.1, -0.05) is 6.92 Å². The van der Waals surface area contributed by atoms with Crippen LogP contribution in [-0.2, 0) is 0 Å². The number of rotatable bonds is 2. The van der Waals surface area contributed by atoms with Crippen LogP contribution in [0.5, 0.6) is 0 Å². The third-order valence-electron chi connectivity index (χ3n) is 4.44. The highest BCUT2D eigenvalue weighted by atomic mass is 32.2. The zero-order chi connectivity index (χ0) is 14.8. The maximum Gasteiger partial charge on any atom is 0.274 e. The van der Waals surface area contributed by atoms with E-state index in [1.54, 1.807) is 0 Å². The molecular weight excluding hydrogens is 284 g/mol. The highest BCUT2D eigenvalue weighted by Gasteiger charge is 2.30.